The summed E-state index contributed by atoms with van der Waals surface area (Å²) >= 11 is 0. The number of amides is 1. The van der Waals surface area contributed by atoms with Crippen LogP contribution in [0, 0.1) is 10.1 Å². The van der Waals surface area contributed by atoms with Crippen LogP contribution >= 0.6 is 0 Å². The summed E-state index contributed by atoms with van der Waals surface area (Å²) in [5, 5.41) is 23.4. The standard InChI is InChI=1S/C13H17N3O4/c1-3-14-12(17)9-4-5-10(16(19)20)11(6-9)15-7-13(2,18)8-15/h4-6,18H,3,7-8H2,1-2H3,(H,14,17). The minimum Gasteiger partial charge on any atom is -0.386 e. The van der Waals surface area contributed by atoms with E-state index in [9.17, 15) is 20.0 Å². The van der Waals surface area contributed by atoms with E-state index in [2.05, 4.69) is 5.32 Å². The first-order valence-corrected chi connectivity index (χ1v) is 6.38. The predicted molar refractivity (Wildman–Crippen MR) is 73.9 cm³/mol. The number of β-amino-alcohol motifs (C(OH)–C–C–N with tert-alkyl or cyclic N) is 1. The van der Waals surface area contributed by atoms with Crippen LogP contribution in [0.15, 0.2) is 18.2 Å². The van der Waals surface area contributed by atoms with Gasteiger partial charge in [0.05, 0.1) is 10.5 Å². The van der Waals surface area contributed by atoms with Crippen molar-refractivity contribution in [1.82, 2.24) is 5.32 Å². The van der Waals surface area contributed by atoms with Gasteiger partial charge in [-0.15, -0.1) is 0 Å². The number of aliphatic hydroxyl groups is 1. The van der Waals surface area contributed by atoms with Gasteiger partial charge in [0.1, 0.15) is 5.69 Å². The fourth-order valence-corrected chi connectivity index (χ4v) is 2.28. The van der Waals surface area contributed by atoms with Gasteiger partial charge in [0, 0.05) is 31.3 Å². The quantitative estimate of drug-likeness (QED) is 0.631. The zero-order valence-corrected chi connectivity index (χ0v) is 11.4. The molecule has 7 nitrogen and oxygen atoms in total. The number of carbonyl (C=O) groups excluding carboxylic acids is 1. The van der Waals surface area contributed by atoms with Crippen LogP contribution in [0.4, 0.5) is 11.4 Å². The Morgan fingerprint density at radius 3 is 2.70 bits per heavy atom. The summed E-state index contributed by atoms with van der Waals surface area (Å²) in [5.74, 6) is -0.268. The van der Waals surface area contributed by atoms with Crippen molar-refractivity contribution in [3.05, 3.63) is 33.9 Å². The van der Waals surface area contributed by atoms with Gasteiger partial charge in [0.2, 0.25) is 0 Å². The van der Waals surface area contributed by atoms with E-state index in [1.54, 1.807) is 18.7 Å². The fourth-order valence-electron chi connectivity index (χ4n) is 2.28. The van der Waals surface area contributed by atoms with Gasteiger partial charge in [0.25, 0.3) is 11.6 Å². The Bertz CT molecular complexity index is 549. The molecule has 1 fully saturated rings. The highest BCUT2D eigenvalue weighted by Gasteiger charge is 2.39. The first-order valence-electron chi connectivity index (χ1n) is 6.38. The maximum Gasteiger partial charge on any atom is 0.292 e. The van der Waals surface area contributed by atoms with E-state index >= 15 is 0 Å². The second-order valence-corrected chi connectivity index (χ2v) is 5.17. The molecule has 108 valence electrons. The Balaban J connectivity index is 2.33. The van der Waals surface area contributed by atoms with Crippen molar-refractivity contribution in [2.24, 2.45) is 0 Å². The van der Waals surface area contributed by atoms with E-state index < -0.39 is 10.5 Å². The van der Waals surface area contributed by atoms with Crippen LogP contribution in [0.3, 0.4) is 0 Å². The third-order valence-corrected chi connectivity index (χ3v) is 3.18. The van der Waals surface area contributed by atoms with E-state index in [0.717, 1.165) is 0 Å². The summed E-state index contributed by atoms with van der Waals surface area (Å²) < 4.78 is 0. The summed E-state index contributed by atoms with van der Waals surface area (Å²) in [5.41, 5.74) is -0.159. The summed E-state index contributed by atoms with van der Waals surface area (Å²) in [4.78, 5) is 24.0. The summed E-state index contributed by atoms with van der Waals surface area (Å²) in [7, 11) is 0. The molecular formula is C13H17N3O4. The molecule has 2 rings (SSSR count). The van der Waals surface area contributed by atoms with E-state index in [0.29, 0.717) is 30.9 Å². The van der Waals surface area contributed by atoms with Crippen molar-refractivity contribution in [2.75, 3.05) is 24.5 Å². The second-order valence-electron chi connectivity index (χ2n) is 5.17. The zero-order valence-electron chi connectivity index (χ0n) is 11.4. The van der Waals surface area contributed by atoms with Crippen molar-refractivity contribution in [3.63, 3.8) is 0 Å². The summed E-state index contributed by atoms with van der Waals surface area (Å²) in [6.07, 6.45) is 0. The number of carbonyl (C=O) groups is 1. The molecule has 1 aliphatic rings. The molecule has 1 aromatic carbocycles. The molecule has 0 unspecified atom stereocenters. The second kappa shape index (κ2) is 5.09. The number of nitrogens with one attached hydrogen (secondary N) is 1. The molecular weight excluding hydrogens is 262 g/mol. The Labute approximate surface area is 116 Å². The lowest BCUT2D eigenvalue weighted by Gasteiger charge is -2.45. The smallest absolute Gasteiger partial charge is 0.292 e. The molecule has 1 heterocycles. The number of rotatable bonds is 4. The SMILES string of the molecule is CCNC(=O)c1ccc([N+](=O)[O-])c(N2CC(C)(O)C2)c1. The van der Waals surface area contributed by atoms with Crippen molar-refractivity contribution in [2.45, 2.75) is 19.4 Å². The van der Waals surface area contributed by atoms with Crippen LogP contribution in [0.25, 0.3) is 0 Å². The van der Waals surface area contributed by atoms with Crippen LogP contribution in [0.1, 0.15) is 24.2 Å². The van der Waals surface area contributed by atoms with Gasteiger partial charge in [0.15, 0.2) is 0 Å². The van der Waals surface area contributed by atoms with Crippen LogP contribution in [-0.4, -0.2) is 41.2 Å². The van der Waals surface area contributed by atoms with Crippen molar-refractivity contribution >= 4 is 17.3 Å². The number of nitrogens with zero attached hydrogens (tertiary/aromatic N) is 2. The van der Waals surface area contributed by atoms with Gasteiger partial charge < -0.3 is 15.3 Å². The molecule has 1 aromatic rings. The van der Waals surface area contributed by atoms with Gasteiger partial charge in [-0.05, 0) is 26.0 Å². The number of nitro groups is 1. The number of hydrogen-bond donors (Lipinski definition) is 2. The third-order valence-electron chi connectivity index (χ3n) is 3.18. The van der Waals surface area contributed by atoms with Gasteiger partial charge in [-0.1, -0.05) is 0 Å². The summed E-state index contributed by atoms with van der Waals surface area (Å²) in [6, 6.07) is 4.26. The van der Waals surface area contributed by atoms with Crippen molar-refractivity contribution in [1.29, 1.82) is 0 Å². The fraction of sp³-hybridized carbons (Fsp3) is 0.462. The maximum absolute atomic E-state index is 11.8. The average Bonchev–Trinajstić information content (AvgIpc) is 2.35. The molecule has 0 saturated carbocycles. The lowest BCUT2D eigenvalue weighted by molar-refractivity contribution is -0.384. The Morgan fingerprint density at radius 1 is 1.55 bits per heavy atom. The topological polar surface area (TPSA) is 95.7 Å². The largest absolute Gasteiger partial charge is 0.386 e. The van der Waals surface area contributed by atoms with E-state index in [1.807, 2.05) is 0 Å². The molecule has 0 aliphatic carbocycles. The molecule has 7 heteroatoms. The van der Waals surface area contributed by atoms with Gasteiger partial charge in [-0.25, -0.2) is 0 Å². The Kier molecular flexibility index (Phi) is 3.63. The molecule has 20 heavy (non-hydrogen) atoms. The van der Waals surface area contributed by atoms with E-state index in [4.69, 9.17) is 0 Å². The highest BCUT2D eigenvalue weighted by Crippen LogP contribution is 2.35. The number of nitro benzene ring substituents is 1. The molecule has 0 bridgehead atoms. The lowest BCUT2D eigenvalue weighted by atomic mass is 9.95. The van der Waals surface area contributed by atoms with Crippen molar-refractivity contribution in [3.8, 4) is 0 Å². The van der Waals surface area contributed by atoms with Gasteiger partial charge in [-0.2, -0.15) is 0 Å². The third kappa shape index (κ3) is 2.72. The molecule has 2 N–H and O–H groups in total. The van der Waals surface area contributed by atoms with Crippen LogP contribution < -0.4 is 10.2 Å². The van der Waals surface area contributed by atoms with Crippen LogP contribution in [0.2, 0.25) is 0 Å². The molecule has 1 amide bonds. The minimum absolute atomic E-state index is 0.0615. The maximum atomic E-state index is 11.8. The molecule has 0 radical (unpaired) electrons. The Hall–Kier alpha value is -2.15. The minimum atomic E-state index is -0.838. The van der Waals surface area contributed by atoms with Gasteiger partial charge in [-0.3, -0.25) is 14.9 Å². The Morgan fingerprint density at radius 2 is 2.20 bits per heavy atom. The summed E-state index contributed by atoms with van der Waals surface area (Å²) in [6.45, 7) is 4.59. The number of anilines is 1. The molecule has 1 aliphatic heterocycles. The van der Waals surface area contributed by atoms with Crippen molar-refractivity contribution < 1.29 is 14.8 Å². The molecule has 0 atom stereocenters. The lowest BCUT2D eigenvalue weighted by Crippen LogP contribution is -2.60. The van der Waals surface area contributed by atoms with Crippen LogP contribution in [-0.2, 0) is 0 Å². The van der Waals surface area contributed by atoms with E-state index in [1.165, 1.54) is 18.2 Å². The zero-order chi connectivity index (χ0) is 14.9. The normalized spacial score (nSPS) is 16.4. The monoisotopic (exact) mass is 279 g/mol. The van der Waals surface area contributed by atoms with Crippen LogP contribution in [0.5, 0.6) is 0 Å². The predicted octanol–water partition coefficient (Wildman–Crippen LogP) is 0.915. The first kappa shape index (κ1) is 14.3. The molecule has 0 aromatic heterocycles. The first-order chi connectivity index (χ1) is 9.34. The highest BCUT2D eigenvalue weighted by atomic mass is 16.6. The number of hydrogen-bond acceptors (Lipinski definition) is 5. The highest BCUT2D eigenvalue weighted by molar-refractivity contribution is 5.96. The number of benzene rings is 1. The van der Waals surface area contributed by atoms with Gasteiger partial charge >= 0.3 is 0 Å². The molecule has 1 saturated heterocycles. The average molecular weight is 279 g/mol. The molecule has 0 spiro atoms. The van der Waals surface area contributed by atoms with E-state index in [-0.39, 0.29) is 11.6 Å².